The van der Waals surface area contributed by atoms with E-state index in [4.69, 9.17) is 0 Å². The van der Waals surface area contributed by atoms with Gasteiger partial charge in [-0.3, -0.25) is 4.79 Å². The Kier molecular flexibility index (Phi) is 5.77. The fourth-order valence-electron chi connectivity index (χ4n) is 4.93. The number of Topliss-reactive ketones (excluding diaryl/α,β-unsaturated/α-hetero) is 1. The Morgan fingerprint density at radius 3 is 2.35 bits per heavy atom. The molecule has 1 saturated carbocycles. The number of aromatic nitrogens is 2. The number of carbonyl (C=O) groups is 1. The van der Waals surface area contributed by atoms with Crippen LogP contribution in [0, 0.1) is 24.5 Å². The van der Waals surface area contributed by atoms with Gasteiger partial charge in [-0.15, -0.1) is 0 Å². The Balaban J connectivity index is 1.33. The monoisotopic (exact) mass is 483 g/mol. The van der Waals surface area contributed by atoms with E-state index in [9.17, 15) is 22.0 Å². The molecule has 0 spiro atoms. The van der Waals surface area contributed by atoms with E-state index >= 15 is 0 Å². The standard InChI is InChI=1S/C25H23F2N3O3S/c1-15-28-13-19(14-29-15)17-8-16(9-21(27)10-17)2-7-24(31)25-18-11-22(12-18)30(25)34(32,33)23-5-3-20(26)4-6-23/h3-6,8-10,13-14,18,22,25H,2,7,11-12H2,1H3/t18?,22?,25-/m0/s1. The third-order valence-electron chi connectivity index (χ3n) is 6.68. The van der Waals surface area contributed by atoms with Crippen LogP contribution in [0.3, 0.4) is 0 Å². The van der Waals surface area contributed by atoms with Crippen molar-refractivity contribution >= 4 is 15.8 Å². The highest BCUT2D eigenvalue weighted by Crippen LogP contribution is 2.49. The number of aryl methyl sites for hydroxylation is 2. The molecule has 2 aliphatic heterocycles. The topological polar surface area (TPSA) is 80.2 Å². The second-order valence-corrected chi connectivity index (χ2v) is 10.8. The number of halogens is 2. The fraction of sp³-hybridized carbons (Fsp3) is 0.320. The van der Waals surface area contributed by atoms with Crippen LogP contribution in [0.2, 0.25) is 0 Å². The van der Waals surface area contributed by atoms with Crippen LogP contribution in [-0.4, -0.2) is 40.6 Å². The Labute approximate surface area is 196 Å². The normalized spacial score (nSPS) is 21.9. The van der Waals surface area contributed by atoms with Gasteiger partial charge in [0.25, 0.3) is 0 Å². The maximum absolute atomic E-state index is 14.3. The minimum atomic E-state index is -3.92. The quantitative estimate of drug-likeness (QED) is 0.506. The van der Waals surface area contributed by atoms with Gasteiger partial charge in [-0.2, -0.15) is 4.31 Å². The molecule has 2 saturated heterocycles. The number of ketones is 1. The molecule has 0 radical (unpaired) electrons. The summed E-state index contributed by atoms with van der Waals surface area (Å²) in [5.41, 5.74) is 1.93. The van der Waals surface area contributed by atoms with Gasteiger partial charge in [-0.05, 0) is 79.6 Å². The summed E-state index contributed by atoms with van der Waals surface area (Å²) in [5.74, 6) is -0.533. The Morgan fingerprint density at radius 1 is 1.00 bits per heavy atom. The average Bonchev–Trinajstić information content (AvgIpc) is 3.35. The first-order chi connectivity index (χ1) is 16.2. The lowest BCUT2D eigenvalue weighted by Gasteiger charge is -2.25. The van der Waals surface area contributed by atoms with Crippen molar-refractivity contribution in [1.29, 1.82) is 0 Å². The molecule has 0 amide bonds. The molecule has 0 N–H and O–H groups in total. The number of nitrogens with zero attached hydrogens (tertiary/aromatic N) is 3. The highest BCUT2D eigenvalue weighted by Gasteiger charge is 2.57. The van der Waals surface area contributed by atoms with E-state index < -0.39 is 27.7 Å². The molecule has 1 aliphatic carbocycles. The number of carbonyl (C=O) groups excluding carboxylic acids is 1. The SMILES string of the molecule is Cc1ncc(-c2cc(F)cc(CCC(=O)[C@@H]3C4CC(C4)N3S(=O)(=O)c3ccc(F)cc3)c2)cn1. The van der Waals surface area contributed by atoms with Crippen molar-refractivity contribution in [1.82, 2.24) is 14.3 Å². The Morgan fingerprint density at radius 2 is 1.68 bits per heavy atom. The van der Waals surface area contributed by atoms with Crippen LogP contribution in [0.5, 0.6) is 0 Å². The van der Waals surface area contributed by atoms with Crippen LogP contribution in [0.1, 0.15) is 30.7 Å². The van der Waals surface area contributed by atoms with Gasteiger partial charge in [-0.1, -0.05) is 6.07 Å². The van der Waals surface area contributed by atoms with Crippen LogP contribution in [0.15, 0.2) is 59.8 Å². The fourth-order valence-corrected chi connectivity index (χ4v) is 6.80. The van der Waals surface area contributed by atoms with Crippen molar-refractivity contribution < 1.29 is 22.0 Å². The van der Waals surface area contributed by atoms with Gasteiger partial charge in [0.2, 0.25) is 10.0 Å². The lowest BCUT2D eigenvalue weighted by molar-refractivity contribution is -0.122. The number of benzene rings is 2. The van der Waals surface area contributed by atoms with Crippen molar-refractivity contribution in [3.05, 3.63) is 77.9 Å². The summed E-state index contributed by atoms with van der Waals surface area (Å²) in [5, 5.41) is 0. The summed E-state index contributed by atoms with van der Waals surface area (Å²) in [6.07, 6.45) is 4.92. The number of sulfonamides is 1. The Hall–Kier alpha value is -3.04. The largest absolute Gasteiger partial charge is 0.298 e. The average molecular weight is 484 g/mol. The zero-order valence-electron chi connectivity index (χ0n) is 18.5. The molecule has 2 aromatic carbocycles. The first-order valence-corrected chi connectivity index (χ1v) is 12.6. The summed E-state index contributed by atoms with van der Waals surface area (Å²) < 4.78 is 55.3. The smallest absolute Gasteiger partial charge is 0.243 e. The van der Waals surface area contributed by atoms with E-state index in [-0.39, 0.29) is 35.5 Å². The van der Waals surface area contributed by atoms with Gasteiger partial charge in [0.15, 0.2) is 5.78 Å². The molecule has 6 nitrogen and oxygen atoms in total. The minimum absolute atomic E-state index is 0.0134. The Bertz CT molecular complexity index is 1340. The van der Waals surface area contributed by atoms with Crippen LogP contribution >= 0.6 is 0 Å². The van der Waals surface area contributed by atoms with E-state index in [1.165, 1.54) is 28.6 Å². The van der Waals surface area contributed by atoms with Gasteiger partial charge in [0.1, 0.15) is 17.5 Å². The third kappa shape index (κ3) is 4.14. The summed E-state index contributed by atoms with van der Waals surface area (Å²) in [6, 6.07) is 8.28. The molecule has 1 aromatic heterocycles. The first-order valence-electron chi connectivity index (χ1n) is 11.1. The third-order valence-corrected chi connectivity index (χ3v) is 8.63. The highest BCUT2D eigenvalue weighted by atomic mass is 32.2. The van der Waals surface area contributed by atoms with Crippen LogP contribution in [0.25, 0.3) is 11.1 Å². The summed E-state index contributed by atoms with van der Waals surface area (Å²) in [4.78, 5) is 21.5. The number of hydrogen-bond donors (Lipinski definition) is 0. The molecule has 176 valence electrons. The van der Waals surface area contributed by atoms with Gasteiger partial charge < -0.3 is 0 Å². The zero-order valence-corrected chi connectivity index (χ0v) is 19.3. The van der Waals surface area contributed by atoms with Crippen molar-refractivity contribution in [3.8, 4) is 11.1 Å². The number of fused-ring (bicyclic) bond motifs is 1. The van der Waals surface area contributed by atoms with Gasteiger partial charge in [-0.25, -0.2) is 27.2 Å². The van der Waals surface area contributed by atoms with Crippen LogP contribution in [0.4, 0.5) is 8.78 Å². The summed E-state index contributed by atoms with van der Waals surface area (Å²) in [7, 11) is -3.92. The molecule has 3 fully saturated rings. The van der Waals surface area contributed by atoms with E-state index in [2.05, 4.69) is 9.97 Å². The van der Waals surface area contributed by atoms with Crippen molar-refractivity contribution in [2.45, 2.75) is 49.6 Å². The van der Waals surface area contributed by atoms with Crippen molar-refractivity contribution in [2.24, 2.45) is 5.92 Å². The van der Waals surface area contributed by atoms with E-state index in [0.29, 0.717) is 35.4 Å². The molecular weight excluding hydrogens is 460 g/mol. The molecule has 1 atom stereocenters. The predicted octanol–water partition coefficient (Wildman–Crippen LogP) is 4.08. The molecule has 3 heterocycles. The van der Waals surface area contributed by atoms with E-state index in [0.717, 1.165) is 12.1 Å². The van der Waals surface area contributed by atoms with Gasteiger partial charge in [0.05, 0.1) is 10.9 Å². The molecule has 6 rings (SSSR count). The second-order valence-electron chi connectivity index (χ2n) is 8.95. The molecule has 3 aromatic rings. The minimum Gasteiger partial charge on any atom is -0.298 e. The van der Waals surface area contributed by atoms with E-state index in [1.807, 2.05) is 0 Å². The van der Waals surface area contributed by atoms with Crippen molar-refractivity contribution in [3.63, 3.8) is 0 Å². The maximum Gasteiger partial charge on any atom is 0.243 e. The number of hydrogen-bond acceptors (Lipinski definition) is 5. The predicted molar refractivity (Wildman–Crippen MR) is 121 cm³/mol. The first kappa shape index (κ1) is 22.7. The molecule has 34 heavy (non-hydrogen) atoms. The van der Waals surface area contributed by atoms with Crippen LogP contribution < -0.4 is 0 Å². The number of rotatable bonds is 7. The molecular formula is C25H23F2N3O3S. The zero-order chi connectivity index (χ0) is 24.0. The molecule has 2 bridgehead atoms. The van der Waals surface area contributed by atoms with E-state index in [1.54, 1.807) is 25.4 Å². The van der Waals surface area contributed by atoms with Crippen LogP contribution in [-0.2, 0) is 21.2 Å². The summed E-state index contributed by atoms with van der Waals surface area (Å²) in [6.45, 7) is 1.76. The lowest BCUT2D eigenvalue weighted by Crippen LogP contribution is -2.41. The summed E-state index contributed by atoms with van der Waals surface area (Å²) >= 11 is 0. The van der Waals surface area contributed by atoms with Gasteiger partial charge >= 0.3 is 0 Å². The second kappa shape index (κ2) is 8.63. The lowest BCUT2D eigenvalue weighted by atomic mass is 9.81. The van der Waals surface area contributed by atoms with Crippen molar-refractivity contribution in [2.75, 3.05) is 0 Å². The molecule has 0 unspecified atom stereocenters. The maximum atomic E-state index is 14.3. The van der Waals surface area contributed by atoms with Gasteiger partial charge in [0, 0.05) is 30.4 Å². The highest BCUT2D eigenvalue weighted by molar-refractivity contribution is 7.89. The molecule has 9 heteroatoms. The molecule has 3 aliphatic rings.